The molecule has 6 nitrogen and oxygen atoms in total. The number of aliphatic hydroxyl groups is 1. The van der Waals surface area contributed by atoms with Crippen LogP contribution in [0, 0.1) is 5.92 Å². The summed E-state index contributed by atoms with van der Waals surface area (Å²) in [6.07, 6.45) is -0.0346. The molecule has 6 heteroatoms. The summed E-state index contributed by atoms with van der Waals surface area (Å²) in [7, 11) is 0. The fourth-order valence-corrected chi connectivity index (χ4v) is 2.18. The Kier molecular flexibility index (Phi) is 5.38. The summed E-state index contributed by atoms with van der Waals surface area (Å²) in [4.78, 5) is 23.2. The Morgan fingerprint density at radius 2 is 1.91 bits per heavy atom. The third-order valence-electron chi connectivity index (χ3n) is 3.43. The lowest BCUT2D eigenvalue weighted by atomic mass is 10.0. The van der Waals surface area contributed by atoms with Crippen LogP contribution in [0.5, 0.6) is 5.75 Å². The van der Waals surface area contributed by atoms with Gasteiger partial charge in [0.1, 0.15) is 5.75 Å². The maximum absolute atomic E-state index is 11.6. The molecule has 1 aromatic carbocycles. The largest absolute Gasteiger partial charge is 0.493 e. The lowest BCUT2D eigenvalue weighted by molar-refractivity contribution is -0.139. The minimum atomic E-state index is -0.854. The van der Waals surface area contributed by atoms with E-state index in [2.05, 4.69) is 10.6 Å². The summed E-state index contributed by atoms with van der Waals surface area (Å²) in [6.45, 7) is 4.98. The number of hydrogen-bond donors (Lipinski definition) is 3. The molecule has 0 fully saturated rings. The number of nitrogens with one attached hydrogen (secondary N) is 2. The van der Waals surface area contributed by atoms with Crippen molar-refractivity contribution in [2.24, 2.45) is 5.92 Å². The van der Waals surface area contributed by atoms with Gasteiger partial charge in [0.15, 0.2) is 0 Å². The number of amides is 2. The summed E-state index contributed by atoms with van der Waals surface area (Å²) in [6, 6.07) is 5.45. The molecule has 0 radical (unpaired) electrons. The third kappa shape index (κ3) is 4.21. The van der Waals surface area contributed by atoms with Crippen molar-refractivity contribution < 1.29 is 19.4 Å². The summed E-state index contributed by atoms with van der Waals surface area (Å²) >= 11 is 0. The number of carbonyl (C=O) groups excluding carboxylic acids is 2. The molecule has 1 atom stereocenters. The molecule has 1 aromatic rings. The Hall–Kier alpha value is -2.08. The van der Waals surface area contributed by atoms with E-state index in [1.807, 2.05) is 26.0 Å². The second kappa shape index (κ2) is 7.26. The molecule has 0 aliphatic carbocycles. The fourth-order valence-electron chi connectivity index (χ4n) is 2.18. The molecule has 120 valence electrons. The molecule has 0 saturated carbocycles. The maximum Gasteiger partial charge on any atom is 0.309 e. The fraction of sp³-hybridized carbons (Fsp3) is 0.500. The average molecular weight is 306 g/mol. The van der Waals surface area contributed by atoms with Crippen molar-refractivity contribution in [3.63, 3.8) is 0 Å². The van der Waals surface area contributed by atoms with Gasteiger partial charge in [0, 0.05) is 19.5 Å². The molecule has 3 N–H and O–H groups in total. The number of carbonyl (C=O) groups is 2. The molecule has 0 saturated heterocycles. The van der Waals surface area contributed by atoms with Crippen LogP contribution in [0.2, 0.25) is 0 Å². The number of fused-ring (bicyclic) bond motifs is 1. The molecule has 1 aliphatic heterocycles. The Morgan fingerprint density at radius 1 is 1.23 bits per heavy atom. The zero-order chi connectivity index (χ0) is 16.1. The zero-order valence-corrected chi connectivity index (χ0v) is 12.9. The van der Waals surface area contributed by atoms with Crippen LogP contribution < -0.4 is 15.4 Å². The van der Waals surface area contributed by atoms with Gasteiger partial charge >= 0.3 is 11.8 Å². The highest BCUT2D eigenvalue weighted by Crippen LogP contribution is 2.27. The van der Waals surface area contributed by atoms with E-state index in [0.717, 1.165) is 17.7 Å². The lowest BCUT2D eigenvalue weighted by Gasteiger charge is -2.13. The van der Waals surface area contributed by atoms with E-state index in [1.54, 1.807) is 6.07 Å². The molecule has 22 heavy (non-hydrogen) atoms. The van der Waals surface area contributed by atoms with E-state index in [9.17, 15) is 14.7 Å². The first kappa shape index (κ1) is 16.3. The van der Waals surface area contributed by atoms with Gasteiger partial charge in [-0.3, -0.25) is 9.59 Å². The topological polar surface area (TPSA) is 87.7 Å². The summed E-state index contributed by atoms with van der Waals surface area (Å²) in [5.41, 5.74) is 1.75. The van der Waals surface area contributed by atoms with Gasteiger partial charge in [-0.1, -0.05) is 19.9 Å². The number of hydrogen-bond acceptors (Lipinski definition) is 4. The molecule has 0 spiro atoms. The van der Waals surface area contributed by atoms with Gasteiger partial charge in [-0.2, -0.15) is 0 Å². The molecule has 0 bridgehead atoms. The predicted octanol–water partition coefficient (Wildman–Crippen LogP) is 0.543. The van der Waals surface area contributed by atoms with Crippen LogP contribution in [0.4, 0.5) is 0 Å². The summed E-state index contributed by atoms with van der Waals surface area (Å²) in [5, 5.41) is 15.1. The first-order valence-electron chi connectivity index (χ1n) is 7.47. The minimum absolute atomic E-state index is 0.00637. The van der Waals surface area contributed by atoms with Crippen molar-refractivity contribution in [2.45, 2.75) is 26.4 Å². The van der Waals surface area contributed by atoms with Crippen molar-refractivity contribution in [2.75, 3.05) is 19.7 Å². The number of benzene rings is 1. The normalized spacial score (nSPS) is 14.2. The van der Waals surface area contributed by atoms with Gasteiger partial charge in [0.2, 0.25) is 0 Å². The summed E-state index contributed by atoms with van der Waals surface area (Å²) < 4.78 is 5.40. The second-order valence-electron chi connectivity index (χ2n) is 5.80. The Labute approximate surface area is 129 Å². The zero-order valence-electron chi connectivity index (χ0n) is 12.9. The lowest BCUT2D eigenvalue weighted by Crippen LogP contribution is -2.42. The van der Waals surface area contributed by atoms with Gasteiger partial charge in [-0.05, 0) is 29.2 Å². The average Bonchev–Trinajstić information content (AvgIpc) is 2.97. The second-order valence-corrected chi connectivity index (χ2v) is 5.80. The number of ether oxygens (including phenoxy) is 1. The third-order valence-corrected chi connectivity index (χ3v) is 3.43. The predicted molar refractivity (Wildman–Crippen MR) is 81.5 cm³/mol. The Morgan fingerprint density at radius 3 is 2.59 bits per heavy atom. The van der Waals surface area contributed by atoms with Crippen LogP contribution in [0.15, 0.2) is 18.2 Å². The first-order chi connectivity index (χ1) is 10.5. The SMILES string of the molecule is CC(C)CNC(=O)C(=O)NCC(O)c1ccc2c(c1)CCO2. The monoisotopic (exact) mass is 306 g/mol. The van der Waals surface area contributed by atoms with Crippen LogP contribution in [-0.4, -0.2) is 36.6 Å². The molecular weight excluding hydrogens is 284 g/mol. The van der Waals surface area contributed by atoms with Crippen LogP contribution in [0.25, 0.3) is 0 Å². The molecule has 0 aromatic heterocycles. The smallest absolute Gasteiger partial charge is 0.309 e. The van der Waals surface area contributed by atoms with Gasteiger partial charge in [0.05, 0.1) is 12.7 Å². The van der Waals surface area contributed by atoms with Crippen LogP contribution in [0.1, 0.15) is 31.1 Å². The molecule has 2 rings (SSSR count). The standard InChI is InChI=1S/C16H22N2O4/c1-10(2)8-17-15(20)16(21)18-9-13(19)11-3-4-14-12(7-11)5-6-22-14/h3-4,7,10,13,19H,5-6,8-9H2,1-2H3,(H,17,20)(H,18,21). The highest BCUT2D eigenvalue weighted by Gasteiger charge is 2.18. The molecule has 1 unspecified atom stereocenters. The summed E-state index contributed by atoms with van der Waals surface area (Å²) in [5.74, 6) is -0.295. The molecule has 2 amide bonds. The quantitative estimate of drug-likeness (QED) is 0.693. The van der Waals surface area contributed by atoms with Crippen molar-refractivity contribution in [1.82, 2.24) is 10.6 Å². The highest BCUT2D eigenvalue weighted by molar-refractivity contribution is 6.35. The van der Waals surface area contributed by atoms with E-state index >= 15 is 0 Å². The Balaban J connectivity index is 1.83. The minimum Gasteiger partial charge on any atom is -0.493 e. The molecule has 1 aliphatic rings. The first-order valence-corrected chi connectivity index (χ1v) is 7.47. The van der Waals surface area contributed by atoms with Gasteiger partial charge in [-0.15, -0.1) is 0 Å². The van der Waals surface area contributed by atoms with E-state index in [-0.39, 0.29) is 12.5 Å². The van der Waals surface area contributed by atoms with Gasteiger partial charge in [-0.25, -0.2) is 0 Å². The molecular formula is C16H22N2O4. The maximum atomic E-state index is 11.6. The number of aliphatic hydroxyl groups excluding tert-OH is 1. The molecule has 1 heterocycles. The van der Waals surface area contributed by atoms with Crippen molar-refractivity contribution in [3.8, 4) is 5.75 Å². The highest BCUT2D eigenvalue weighted by atomic mass is 16.5. The van der Waals surface area contributed by atoms with Crippen molar-refractivity contribution in [3.05, 3.63) is 29.3 Å². The number of rotatable bonds is 5. The Bertz CT molecular complexity index is 557. The van der Waals surface area contributed by atoms with Gasteiger partial charge in [0.25, 0.3) is 0 Å². The van der Waals surface area contributed by atoms with E-state index in [1.165, 1.54) is 0 Å². The van der Waals surface area contributed by atoms with Crippen LogP contribution in [-0.2, 0) is 16.0 Å². The van der Waals surface area contributed by atoms with E-state index in [0.29, 0.717) is 18.7 Å². The van der Waals surface area contributed by atoms with Crippen molar-refractivity contribution >= 4 is 11.8 Å². The van der Waals surface area contributed by atoms with Crippen molar-refractivity contribution in [1.29, 1.82) is 0 Å². The van der Waals surface area contributed by atoms with Crippen LogP contribution in [0.3, 0.4) is 0 Å². The van der Waals surface area contributed by atoms with Crippen LogP contribution >= 0.6 is 0 Å². The van der Waals surface area contributed by atoms with E-state index in [4.69, 9.17) is 4.74 Å². The van der Waals surface area contributed by atoms with Gasteiger partial charge < -0.3 is 20.5 Å². The van der Waals surface area contributed by atoms with E-state index < -0.39 is 17.9 Å².